The van der Waals surface area contributed by atoms with Crippen molar-refractivity contribution >= 4 is 29.6 Å². The van der Waals surface area contributed by atoms with Gasteiger partial charge in [0.05, 0.1) is 24.5 Å². The molecule has 1 aliphatic carbocycles. The molecule has 2 amide bonds. The van der Waals surface area contributed by atoms with Crippen molar-refractivity contribution in [1.29, 1.82) is 5.26 Å². The summed E-state index contributed by atoms with van der Waals surface area (Å²) in [6.45, 7) is 3.24. The number of nitriles is 1. The zero-order valence-electron chi connectivity index (χ0n) is 16.5. The van der Waals surface area contributed by atoms with Crippen LogP contribution in [0.25, 0.3) is 0 Å². The number of hydrogen-bond acceptors (Lipinski definition) is 7. The molecule has 2 heterocycles. The highest BCUT2D eigenvalue weighted by atomic mass is 19.1. The average molecular weight is 415 g/mol. The van der Waals surface area contributed by atoms with Crippen molar-refractivity contribution < 1.29 is 23.6 Å². The van der Waals surface area contributed by atoms with E-state index in [0.717, 1.165) is 13.1 Å². The molecule has 1 N–H and O–H groups in total. The van der Waals surface area contributed by atoms with E-state index in [2.05, 4.69) is 10.5 Å². The van der Waals surface area contributed by atoms with Crippen LogP contribution < -0.4 is 15.1 Å². The summed E-state index contributed by atoms with van der Waals surface area (Å²) in [5.74, 6) is 0.520. The number of benzene rings is 1. The molecule has 3 fully saturated rings. The van der Waals surface area contributed by atoms with Crippen LogP contribution >= 0.6 is 0 Å². The largest absolute Gasteiger partial charge is 0.442 e. The molecule has 30 heavy (non-hydrogen) atoms. The molecular formula is C20H22FN5O4. The number of nitrogens with zero attached hydrogens (tertiary/aromatic N) is 4. The second-order valence-electron chi connectivity index (χ2n) is 7.69. The maximum atomic E-state index is 14.8. The van der Waals surface area contributed by atoms with Gasteiger partial charge in [-0.25, -0.2) is 9.18 Å². The van der Waals surface area contributed by atoms with Crippen molar-refractivity contribution in [3.05, 3.63) is 24.0 Å². The number of amides is 2. The van der Waals surface area contributed by atoms with Crippen molar-refractivity contribution in [2.24, 2.45) is 22.9 Å². The Hall–Kier alpha value is -3.35. The number of cyclic esters (lactones) is 1. The van der Waals surface area contributed by atoms with E-state index in [4.69, 9.17) is 14.8 Å². The molecule has 3 atom stereocenters. The van der Waals surface area contributed by atoms with E-state index >= 15 is 0 Å². The molecule has 4 rings (SSSR count). The summed E-state index contributed by atoms with van der Waals surface area (Å²) in [4.78, 5) is 31.3. The van der Waals surface area contributed by atoms with E-state index < -0.39 is 18.0 Å². The second kappa shape index (κ2) is 8.18. The predicted octanol–water partition coefficient (Wildman–Crippen LogP) is 1.50. The van der Waals surface area contributed by atoms with Crippen molar-refractivity contribution in [1.82, 2.24) is 5.32 Å². The number of ether oxygens (including phenoxy) is 1. The van der Waals surface area contributed by atoms with Crippen molar-refractivity contribution in [2.45, 2.75) is 13.0 Å². The molecule has 0 spiro atoms. The number of nitrogens with one attached hydrogen (secondary N) is 1. The van der Waals surface area contributed by atoms with Crippen LogP contribution in [0.5, 0.6) is 0 Å². The first kappa shape index (κ1) is 19.9. The number of halogens is 1. The van der Waals surface area contributed by atoms with E-state index in [9.17, 15) is 14.0 Å². The first-order valence-corrected chi connectivity index (χ1v) is 9.77. The van der Waals surface area contributed by atoms with Gasteiger partial charge in [-0.1, -0.05) is 5.16 Å². The topological polar surface area (TPSA) is 107 Å². The molecule has 0 aromatic heterocycles. The van der Waals surface area contributed by atoms with Gasteiger partial charge in [0.2, 0.25) is 12.5 Å². The number of anilines is 2. The summed E-state index contributed by atoms with van der Waals surface area (Å²) in [5.41, 5.74) is 0.931. The average Bonchev–Trinajstić information content (AvgIpc) is 3.04. The minimum absolute atomic E-state index is 0.0687. The number of piperidine rings is 1. The maximum absolute atomic E-state index is 14.8. The third-order valence-corrected chi connectivity index (χ3v) is 5.73. The van der Waals surface area contributed by atoms with E-state index in [1.165, 1.54) is 17.9 Å². The van der Waals surface area contributed by atoms with E-state index in [1.807, 2.05) is 11.0 Å². The Morgan fingerprint density at radius 3 is 2.87 bits per heavy atom. The van der Waals surface area contributed by atoms with Crippen LogP contribution in [0.2, 0.25) is 0 Å². The number of rotatable bonds is 7. The van der Waals surface area contributed by atoms with Gasteiger partial charge in [-0.15, -0.1) is 0 Å². The molecule has 9 nitrogen and oxygen atoms in total. The smallest absolute Gasteiger partial charge is 0.414 e. The van der Waals surface area contributed by atoms with Gasteiger partial charge in [0.15, 0.2) is 0 Å². The lowest BCUT2D eigenvalue weighted by Gasteiger charge is -2.23. The third-order valence-electron chi connectivity index (χ3n) is 5.73. The highest BCUT2D eigenvalue weighted by molar-refractivity contribution is 5.90. The zero-order chi connectivity index (χ0) is 21.3. The molecule has 2 unspecified atom stereocenters. The number of carbonyl (C=O) groups excluding carboxylic acids is 2. The Kier molecular flexibility index (Phi) is 5.44. The minimum Gasteiger partial charge on any atom is -0.442 e. The van der Waals surface area contributed by atoms with Crippen molar-refractivity contribution in [3.63, 3.8) is 0 Å². The first-order chi connectivity index (χ1) is 14.5. The molecule has 2 saturated heterocycles. The SMILES string of the molecule is CC(=O)NC[C@H]1CN(c2ccc(N3CC4C(C=NOCC#N)C4C3)c(F)c2)C(=O)O1. The quantitative estimate of drug-likeness (QED) is 0.411. The summed E-state index contributed by atoms with van der Waals surface area (Å²) >= 11 is 0. The van der Waals surface area contributed by atoms with Crippen molar-refractivity contribution in [2.75, 3.05) is 42.6 Å². The Bertz CT molecular complexity index is 905. The molecule has 10 heteroatoms. The molecule has 2 aliphatic heterocycles. The maximum Gasteiger partial charge on any atom is 0.414 e. The molecule has 3 aliphatic rings. The first-order valence-electron chi connectivity index (χ1n) is 9.77. The van der Waals surface area contributed by atoms with Gasteiger partial charge in [-0.05, 0) is 30.0 Å². The number of carbonyl (C=O) groups is 2. The summed E-state index contributed by atoms with van der Waals surface area (Å²) < 4.78 is 20.0. The summed E-state index contributed by atoms with van der Waals surface area (Å²) in [6.07, 6.45) is 0.714. The summed E-state index contributed by atoms with van der Waals surface area (Å²) in [6, 6.07) is 6.59. The fraction of sp³-hybridized carbons (Fsp3) is 0.500. The van der Waals surface area contributed by atoms with Gasteiger partial charge in [0.1, 0.15) is 18.0 Å². The highest BCUT2D eigenvalue weighted by Crippen LogP contribution is 2.51. The van der Waals surface area contributed by atoms with Crippen LogP contribution in [0.15, 0.2) is 23.4 Å². The van der Waals surface area contributed by atoms with Crippen LogP contribution in [0.1, 0.15) is 6.92 Å². The Balaban J connectivity index is 1.34. The fourth-order valence-electron chi connectivity index (χ4n) is 4.19. The van der Waals surface area contributed by atoms with Gasteiger partial charge < -0.3 is 19.8 Å². The molecule has 158 valence electrons. The Morgan fingerprint density at radius 1 is 1.43 bits per heavy atom. The van der Waals surface area contributed by atoms with Crippen LogP contribution in [-0.2, 0) is 14.4 Å². The van der Waals surface area contributed by atoms with Crippen LogP contribution in [0, 0.1) is 34.9 Å². The number of fused-ring (bicyclic) bond motifs is 1. The van der Waals surface area contributed by atoms with Crippen LogP contribution in [0.4, 0.5) is 20.6 Å². The lowest BCUT2D eigenvalue weighted by molar-refractivity contribution is -0.119. The van der Waals surface area contributed by atoms with E-state index in [-0.39, 0.29) is 25.6 Å². The van der Waals surface area contributed by atoms with Gasteiger partial charge >= 0.3 is 6.09 Å². The van der Waals surface area contributed by atoms with Gasteiger partial charge in [0.25, 0.3) is 0 Å². The molecule has 1 aromatic carbocycles. The van der Waals surface area contributed by atoms with Crippen LogP contribution in [0.3, 0.4) is 0 Å². The van der Waals surface area contributed by atoms with Gasteiger partial charge in [-0.3, -0.25) is 9.69 Å². The van der Waals surface area contributed by atoms with Crippen LogP contribution in [-0.4, -0.2) is 57.1 Å². The number of oxime groups is 1. The highest BCUT2D eigenvalue weighted by Gasteiger charge is 2.55. The molecule has 1 aromatic rings. The van der Waals surface area contributed by atoms with Gasteiger partial charge in [-0.2, -0.15) is 5.26 Å². The predicted molar refractivity (Wildman–Crippen MR) is 105 cm³/mol. The minimum atomic E-state index is -0.555. The van der Waals surface area contributed by atoms with E-state index in [0.29, 0.717) is 29.1 Å². The van der Waals surface area contributed by atoms with Crippen molar-refractivity contribution in [3.8, 4) is 6.07 Å². The summed E-state index contributed by atoms with van der Waals surface area (Å²) in [5, 5.41) is 14.8. The third kappa shape index (κ3) is 4.01. The monoisotopic (exact) mass is 415 g/mol. The molecule has 0 radical (unpaired) electrons. The summed E-state index contributed by atoms with van der Waals surface area (Å²) in [7, 11) is 0. The standard InChI is InChI=1S/C20H22FN5O4/c1-12(27)23-7-14-9-26(20(28)30-14)13-2-3-19(18(21)6-13)25-10-16-15(17(16)11-25)8-24-29-5-4-22/h2-3,6,8,14-17H,5,7,9-11H2,1H3,(H,23,27)/t14-,15?,16?,17?/m0/s1. The zero-order valence-corrected chi connectivity index (χ0v) is 16.5. The normalized spacial score (nSPS) is 27.0. The second-order valence-corrected chi connectivity index (χ2v) is 7.69. The fourth-order valence-corrected chi connectivity index (χ4v) is 4.19. The lowest BCUT2D eigenvalue weighted by atomic mass is 10.2. The Morgan fingerprint density at radius 2 is 2.20 bits per heavy atom. The molecule has 1 saturated carbocycles. The molecule has 0 bridgehead atoms. The van der Waals surface area contributed by atoms with E-state index in [1.54, 1.807) is 18.3 Å². The lowest BCUT2D eigenvalue weighted by Crippen LogP contribution is -2.33. The van der Waals surface area contributed by atoms with Gasteiger partial charge in [0, 0.05) is 32.1 Å². The Labute approximate surface area is 173 Å². The molecular weight excluding hydrogens is 393 g/mol. The number of hydrogen-bond donors (Lipinski definition) is 1.